The zero-order chi connectivity index (χ0) is 21.5. The van der Waals surface area contributed by atoms with Gasteiger partial charge in [-0.2, -0.15) is 0 Å². The topological polar surface area (TPSA) is 58.6 Å². The van der Waals surface area contributed by atoms with Crippen LogP contribution in [0.25, 0.3) is 44.3 Å². The Morgan fingerprint density at radius 3 is 2.58 bits per heavy atom. The van der Waals surface area contributed by atoms with Gasteiger partial charge in [-0.05, 0) is 48.7 Å². The van der Waals surface area contributed by atoms with E-state index in [1.54, 1.807) is 6.20 Å². The molecular formula is C26H20ClN3O. The number of fused-ring (bicyclic) bond motifs is 2. The average Bonchev–Trinajstić information content (AvgIpc) is 2.79. The van der Waals surface area contributed by atoms with Crippen LogP contribution in [-0.4, -0.2) is 15.0 Å². The molecule has 0 saturated carbocycles. The Hall–Kier alpha value is -3.50. The van der Waals surface area contributed by atoms with Gasteiger partial charge >= 0.3 is 0 Å². The van der Waals surface area contributed by atoms with Crippen molar-refractivity contribution in [2.45, 2.75) is 20.3 Å². The minimum absolute atomic E-state index is 0.0894. The highest BCUT2D eigenvalue weighted by Gasteiger charge is 2.18. The molecule has 3 aromatic heterocycles. The zero-order valence-corrected chi connectivity index (χ0v) is 18.0. The zero-order valence-electron chi connectivity index (χ0n) is 17.2. The second-order valence-electron chi connectivity index (χ2n) is 7.60. The first kappa shape index (κ1) is 19.5. The summed E-state index contributed by atoms with van der Waals surface area (Å²) in [6, 6.07) is 19.9. The van der Waals surface area contributed by atoms with Crippen LogP contribution >= 0.6 is 11.6 Å². The Balaban J connectivity index is 1.91. The third-order valence-electron chi connectivity index (χ3n) is 5.71. The summed E-state index contributed by atoms with van der Waals surface area (Å²) in [5, 5.41) is 2.51. The van der Waals surface area contributed by atoms with Crippen molar-refractivity contribution in [3.05, 3.63) is 93.4 Å². The van der Waals surface area contributed by atoms with Crippen LogP contribution in [0.5, 0.6) is 0 Å². The fourth-order valence-electron chi connectivity index (χ4n) is 4.13. The maximum absolute atomic E-state index is 12.4. The normalized spacial score (nSPS) is 11.3. The van der Waals surface area contributed by atoms with Crippen molar-refractivity contribution in [3.8, 4) is 22.4 Å². The Bertz CT molecular complexity index is 1510. The van der Waals surface area contributed by atoms with Crippen LogP contribution in [0, 0.1) is 6.92 Å². The van der Waals surface area contributed by atoms with Crippen molar-refractivity contribution in [1.82, 2.24) is 15.0 Å². The van der Waals surface area contributed by atoms with Crippen molar-refractivity contribution < 1.29 is 0 Å². The summed E-state index contributed by atoms with van der Waals surface area (Å²) in [7, 11) is 0. The number of rotatable bonds is 3. The van der Waals surface area contributed by atoms with Crippen molar-refractivity contribution in [1.29, 1.82) is 0 Å². The van der Waals surface area contributed by atoms with Crippen LogP contribution in [0.4, 0.5) is 0 Å². The van der Waals surface area contributed by atoms with Gasteiger partial charge in [0.05, 0.1) is 16.2 Å². The van der Waals surface area contributed by atoms with Gasteiger partial charge in [-0.3, -0.25) is 9.78 Å². The molecule has 0 bridgehead atoms. The summed E-state index contributed by atoms with van der Waals surface area (Å²) in [5.41, 5.74) is 6.84. The maximum Gasteiger partial charge on any atom is 0.252 e. The summed E-state index contributed by atoms with van der Waals surface area (Å²) >= 11 is 6.62. The number of H-pyrrole nitrogens is 1. The van der Waals surface area contributed by atoms with Crippen LogP contribution in [0.15, 0.2) is 71.7 Å². The minimum Gasteiger partial charge on any atom is -0.306 e. The van der Waals surface area contributed by atoms with E-state index in [9.17, 15) is 4.79 Å². The fraction of sp³-hybridized carbons (Fsp3) is 0.115. The van der Waals surface area contributed by atoms with Gasteiger partial charge in [-0.1, -0.05) is 54.9 Å². The van der Waals surface area contributed by atoms with Crippen molar-refractivity contribution in [2.75, 3.05) is 0 Å². The number of benzene rings is 2. The first-order valence-corrected chi connectivity index (χ1v) is 10.6. The lowest BCUT2D eigenvalue weighted by Gasteiger charge is -2.17. The highest BCUT2D eigenvalue weighted by molar-refractivity contribution is 6.35. The van der Waals surface area contributed by atoms with Gasteiger partial charge in [0.1, 0.15) is 5.65 Å². The van der Waals surface area contributed by atoms with E-state index < -0.39 is 0 Å². The highest BCUT2D eigenvalue weighted by atomic mass is 35.5. The molecule has 5 aromatic rings. The van der Waals surface area contributed by atoms with Crippen LogP contribution in [0.3, 0.4) is 0 Å². The third-order valence-corrected chi connectivity index (χ3v) is 6.00. The van der Waals surface area contributed by atoms with Gasteiger partial charge in [-0.25, -0.2) is 4.98 Å². The Labute approximate surface area is 184 Å². The van der Waals surface area contributed by atoms with Crippen LogP contribution in [-0.2, 0) is 6.42 Å². The molecule has 5 heteroatoms. The van der Waals surface area contributed by atoms with E-state index in [-0.39, 0.29) is 5.56 Å². The predicted molar refractivity (Wildman–Crippen MR) is 128 cm³/mol. The molecule has 0 atom stereocenters. The van der Waals surface area contributed by atoms with E-state index in [1.807, 2.05) is 61.5 Å². The van der Waals surface area contributed by atoms with Crippen molar-refractivity contribution in [3.63, 3.8) is 0 Å². The average molecular weight is 426 g/mol. The molecule has 0 spiro atoms. The van der Waals surface area contributed by atoms with E-state index in [0.717, 1.165) is 49.8 Å². The summed E-state index contributed by atoms with van der Waals surface area (Å²) in [6.45, 7) is 4.05. The van der Waals surface area contributed by atoms with E-state index in [1.165, 1.54) is 0 Å². The number of pyridine rings is 3. The molecule has 0 amide bonds. The van der Waals surface area contributed by atoms with Gasteiger partial charge in [0.2, 0.25) is 0 Å². The molecule has 0 radical (unpaired) electrons. The molecule has 3 heterocycles. The third kappa shape index (κ3) is 3.29. The predicted octanol–water partition coefficient (Wildman–Crippen LogP) is 6.33. The molecule has 2 aromatic carbocycles. The molecule has 0 saturated heterocycles. The summed E-state index contributed by atoms with van der Waals surface area (Å²) < 4.78 is 0. The number of aromatic amines is 1. The summed E-state index contributed by atoms with van der Waals surface area (Å²) in [5.74, 6) is 0. The number of hydrogen-bond acceptors (Lipinski definition) is 3. The van der Waals surface area contributed by atoms with Gasteiger partial charge < -0.3 is 4.98 Å². The molecule has 0 unspecified atom stereocenters. The molecule has 5 rings (SSSR count). The summed E-state index contributed by atoms with van der Waals surface area (Å²) in [4.78, 5) is 24.8. The molecule has 31 heavy (non-hydrogen) atoms. The quantitative estimate of drug-likeness (QED) is 0.367. The number of hydrogen-bond donors (Lipinski definition) is 1. The molecule has 0 aliphatic heterocycles. The Morgan fingerprint density at radius 1 is 1.00 bits per heavy atom. The van der Waals surface area contributed by atoms with E-state index in [0.29, 0.717) is 17.1 Å². The second kappa shape index (κ2) is 7.64. The maximum atomic E-state index is 12.4. The number of halogens is 1. The molecular weight excluding hydrogens is 406 g/mol. The van der Waals surface area contributed by atoms with E-state index in [2.05, 4.69) is 23.0 Å². The van der Waals surface area contributed by atoms with Gasteiger partial charge in [0.25, 0.3) is 5.56 Å². The first-order valence-electron chi connectivity index (χ1n) is 10.2. The number of aromatic nitrogens is 3. The minimum atomic E-state index is -0.0894. The lowest BCUT2D eigenvalue weighted by atomic mass is 9.92. The number of aryl methyl sites for hydroxylation is 2. The van der Waals surface area contributed by atoms with Crippen LogP contribution in [0.2, 0.25) is 5.02 Å². The summed E-state index contributed by atoms with van der Waals surface area (Å²) in [6.07, 6.45) is 2.41. The van der Waals surface area contributed by atoms with Crippen molar-refractivity contribution in [2.24, 2.45) is 0 Å². The van der Waals surface area contributed by atoms with Gasteiger partial charge in [0.15, 0.2) is 0 Å². The largest absolute Gasteiger partial charge is 0.306 e. The number of nitrogens with one attached hydrogen (secondary N) is 1. The van der Waals surface area contributed by atoms with E-state index >= 15 is 0 Å². The lowest BCUT2D eigenvalue weighted by Crippen LogP contribution is -2.13. The van der Waals surface area contributed by atoms with Gasteiger partial charge in [0, 0.05) is 33.7 Å². The standard InChI is InChI=1S/C26H20ClN3O/c1-3-16-13-20-15(2)22(19-12-18-10-7-11-28-23(18)21(27)14-19)24(17-8-5-4-6-9-17)29-25(20)30-26(16)31/h4-14H,3H2,1-2H3,(H,29,30,31). The second-order valence-corrected chi connectivity index (χ2v) is 8.01. The number of nitrogens with zero attached hydrogens (tertiary/aromatic N) is 2. The molecule has 0 aliphatic carbocycles. The monoisotopic (exact) mass is 425 g/mol. The first-order chi connectivity index (χ1) is 15.1. The van der Waals surface area contributed by atoms with Gasteiger partial charge in [-0.15, -0.1) is 0 Å². The Kier molecular flexibility index (Phi) is 4.79. The molecule has 1 N–H and O–H groups in total. The lowest BCUT2D eigenvalue weighted by molar-refractivity contribution is 1.07. The fourth-order valence-corrected chi connectivity index (χ4v) is 4.41. The van der Waals surface area contributed by atoms with Crippen molar-refractivity contribution >= 4 is 33.5 Å². The molecule has 0 fully saturated rings. The van der Waals surface area contributed by atoms with E-state index in [4.69, 9.17) is 16.6 Å². The van der Waals surface area contributed by atoms with Crippen LogP contribution < -0.4 is 5.56 Å². The van der Waals surface area contributed by atoms with Crippen LogP contribution in [0.1, 0.15) is 18.1 Å². The molecule has 4 nitrogen and oxygen atoms in total. The smallest absolute Gasteiger partial charge is 0.252 e. The molecule has 0 aliphatic rings. The Morgan fingerprint density at radius 2 is 1.81 bits per heavy atom. The SMILES string of the molecule is CCc1cc2c(C)c(-c3cc(Cl)c4ncccc4c3)c(-c3ccccc3)nc2[nH]c1=O. The highest BCUT2D eigenvalue weighted by Crippen LogP contribution is 2.39. The molecule has 152 valence electrons.